The van der Waals surface area contributed by atoms with Crippen molar-refractivity contribution in [2.24, 2.45) is 5.92 Å². The van der Waals surface area contributed by atoms with Crippen LogP contribution in [0.5, 0.6) is 5.88 Å². The molecule has 1 saturated carbocycles. The molecular formula is C16H19N3O5. The van der Waals surface area contributed by atoms with Gasteiger partial charge in [-0.3, -0.25) is 19.8 Å². The topological polar surface area (TPSA) is 109 Å². The maximum atomic E-state index is 11.8. The Hall–Kier alpha value is -2.64. The summed E-state index contributed by atoms with van der Waals surface area (Å²) in [4.78, 5) is 39.5. The van der Waals surface area contributed by atoms with E-state index in [2.05, 4.69) is 10.3 Å². The number of hydrogen-bond acceptors (Lipinski definition) is 5. The van der Waals surface area contributed by atoms with Crippen LogP contribution in [0.1, 0.15) is 32.1 Å². The van der Waals surface area contributed by atoms with Crippen molar-refractivity contribution >= 4 is 23.6 Å². The molecule has 1 saturated heterocycles. The monoisotopic (exact) mass is 333 g/mol. The highest BCUT2D eigenvalue weighted by Crippen LogP contribution is 2.28. The van der Waals surface area contributed by atoms with Crippen molar-refractivity contribution in [1.29, 1.82) is 0 Å². The molecule has 0 unspecified atom stereocenters. The number of nitrogens with one attached hydrogen (secondary N) is 1. The number of carbonyl (C=O) groups excluding carboxylic acids is 2. The largest absolute Gasteiger partial charge is 0.481 e. The number of ether oxygens (including phenoxy) is 1. The van der Waals surface area contributed by atoms with Crippen LogP contribution in [0.25, 0.3) is 0 Å². The Kier molecular flexibility index (Phi) is 4.64. The second kappa shape index (κ2) is 6.86. The van der Waals surface area contributed by atoms with Crippen molar-refractivity contribution in [2.75, 3.05) is 11.4 Å². The molecule has 2 fully saturated rings. The van der Waals surface area contributed by atoms with E-state index in [0.29, 0.717) is 43.8 Å². The molecule has 1 aliphatic heterocycles. The fourth-order valence-electron chi connectivity index (χ4n) is 3.01. The normalized spacial score (nSPS) is 24.4. The first-order valence-corrected chi connectivity index (χ1v) is 8.00. The van der Waals surface area contributed by atoms with Crippen LogP contribution >= 0.6 is 0 Å². The summed E-state index contributed by atoms with van der Waals surface area (Å²) in [6.07, 6.45) is 4.37. The first-order valence-electron chi connectivity index (χ1n) is 8.00. The quantitative estimate of drug-likeness (QED) is 0.865. The number of carboxylic acid groups (broad SMARTS) is 1. The van der Waals surface area contributed by atoms with Gasteiger partial charge in [0.2, 0.25) is 11.8 Å². The Bertz CT molecular complexity index is 638. The van der Waals surface area contributed by atoms with Crippen molar-refractivity contribution in [2.45, 2.75) is 38.2 Å². The van der Waals surface area contributed by atoms with Gasteiger partial charge in [-0.2, -0.15) is 0 Å². The molecule has 3 amide bonds. The molecule has 128 valence electrons. The highest BCUT2D eigenvalue weighted by atomic mass is 16.5. The van der Waals surface area contributed by atoms with Gasteiger partial charge in [-0.1, -0.05) is 0 Å². The van der Waals surface area contributed by atoms with Gasteiger partial charge in [0.1, 0.15) is 6.10 Å². The number of aromatic nitrogens is 1. The van der Waals surface area contributed by atoms with Crippen molar-refractivity contribution in [3.63, 3.8) is 0 Å². The van der Waals surface area contributed by atoms with Crippen LogP contribution < -0.4 is 15.0 Å². The van der Waals surface area contributed by atoms with Crippen LogP contribution in [0.3, 0.4) is 0 Å². The first-order chi connectivity index (χ1) is 11.5. The van der Waals surface area contributed by atoms with Gasteiger partial charge in [-0.05, 0) is 31.7 Å². The van der Waals surface area contributed by atoms with E-state index in [4.69, 9.17) is 9.84 Å². The second-order valence-electron chi connectivity index (χ2n) is 6.04. The number of carbonyl (C=O) groups is 3. The van der Waals surface area contributed by atoms with Gasteiger partial charge in [0.25, 0.3) is 0 Å². The Labute approximate surface area is 138 Å². The molecule has 2 N–H and O–H groups in total. The van der Waals surface area contributed by atoms with Gasteiger partial charge in [-0.25, -0.2) is 9.78 Å². The van der Waals surface area contributed by atoms with E-state index in [1.165, 1.54) is 11.1 Å². The number of urea groups is 1. The maximum Gasteiger partial charge on any atom is 0.328 e. The predicted molar refractivity (Wildman–Crippen MR) is 83.7 cm³/mol. The van der Waals surface area contributed by atoms with Crippen LogP contribution in [0.15, 0.2) is 18.3 Å². The fraction of sp³-hybridized carbons (Fsp3) is 0.500. The van der Waals surface area contributed by atoms with E-state index in [-0.39, 0.29) is 24.3 Å². The Morgan fingerprint density at radius 2 is 2.00 bits per heavy atom. The van der Waals surface area contributed by atoms with Gasteiger partial charge >= 0.3 is 12.0 Å². The number of pyridine rings is 1. The molecule has 2 heterocycles. The van der Waals surface area contributed by atoms with Gasteiger partial charge in [-0.15, -0.1) is 0 Å². The molecule has 8 heteroatoms. The number of anilines is 1. The van der Waals surface area contributed by atoms with Crippen LogP contribution in [-0.2, 0) is 9.59 Å². The van der Waals surface area contributed by atoms with E-state index in [1.807, 2.05) is 0 Å². The van der Waals surface area contributed by atoms with Gasteiger partial charge < -0.3 is 9.84 Å². The molecule has 1 aromatic rings. The molecule has 0 bridgehead atoms. The summed E-state index contributed by atoms with van der Waals surface area (Å²) in [6.45, 7) is 0.325. The number of hydrogen-bond donors (Lipinski definition) is 2. The molecule has 1 aromatic heterocycles. The van der Waals surface area contributed by atoms with E-state index in [9.17, 15) is 14.4 Å². The van der Waals surface area contributed by atoms with Crippen molar-refractivity contribution < 1.29 is 24.2 Å². The summed E-state index contributed by atoms with van der Waals surface area (Å²) >= 11 is 0. The third-order valence-electron chi connectivity index (χ3n) is 4.40. The van der Waals surface area contributed by atoms with Crippen LogP contribution in [0.4, 0.5) is 10.5 Å². The minimum absolute atomic E-state index is 0.0325. The number of amides is 3. The summed E-state index contributed by atoms with van der Waals surface area (Å²) in [5, 5.41) is 11.3. The summed E-state index contributed by atoms with van der Waals surface area (Å²) in [7, 11) is 0. The molecule has 0 radical (unpaired) electrons. The van der Waals surface area contributed by atoms with Gasteiger partial charge in [0.15, 0.2) is 0 Å². The zero-order valence-corrected chi connectivity index (χ0v) is 13.1. The summed E-state index contributed by atoms with van der Waals surface area (Å²) in [5.74, 6) is -0.845. The first kappa shape index (κ1) is 16.2. The van der Waals surface area contributed by atoms with Crippen molar-refractivity contribution in [3.05, 3.63) is 18.3 Å². The van der Waals surface area contributed by atoms with Crippen molar-refractivity contribution in [1.82, 2.24) is 10.3 Å². The molecule has 24 heavy (non-hydrogen) atoms. The molecular weight excluding hydrogens is 314 g/mol. The smallest absolute Gasteiger partial charge is 0.328 e. The average molecular weight is 333 g/mol. The lowest BCUT2D eigenvalue weighted by Crippen LogP contribution is -2.49. The Morgan fingerprint density at radius 1 is 1.25 bits per heavy atom. The minimum atomic E-state index is -0.741. The lowest BCUT2D eigenvalue weighted by molar-refractivity contribution is -0.143. The number of imide groups is 1. The third-order valence-corrected chi connectivity index (χ3v) is 4.40. The molecule has 2 aliphatic rings. The zero-order valence-electron chi connectivity index (χ0n) is 13.1. The predicted octanol–water partition coefficient (Wildman–Crippen LogP) is 1.55. The van der Waals surface area contributed by atoms with Crippen LogP contribution in [0, 0.1) is 5.92 Å². The number of carboxylic acids is 1. The summed E-state index contributed by atoms with van der Waals surface area (Å²) in [5.41, 5.74) is 0.599. The molecule has 3 rings (SSSR count). The maximum absolute atomic E-state index is 11.8. The zero-order chi connectivity index (χ0) is 17.1. The third kappa shape index (κ3) is 3.64. The fourth-order valence-corrected chi connectivity index (χ4v) is 3.01. The van der Waals surface area contributed by atoms with E-state index < -0.39 is 12.0 Å². The number of rotatable bonds is 4. The SMILES string of the molecule is O=C1CCN(c2ccc(O[C@H]3CC[C@H](C(=O)O)CC3)nc2)C(=O)N1. The Morgan fingerprint density at radius 3 is 2.58 bits per heavy atom. The van der Waals surface area contributed by atoms with E-state index in [0.717, 1.165) is 0 Å². The van der Waals surface area contributed by atoms with E-state index in [1.54, 1.807) is 12.1 Å². The van der Waals surface area contributed by atoms with Gasteiger partial charge in [0.05, 0.1) is 17.8 Å². The molecule has 0 spiro atoms. The van der Waals surface area contributed by atoms with Crippen LogP contribution in [0.2, 0.25) is 0 Å². The van der Waals surface area contributed by atoms with E-state index >= 15 is 0 Å². The summed E-state index contributed by atoms with van der Waals surface area (Å²) < 4.78 is 5.79. The lowest BCUT2D eigenvalue weighted by Gasteiger charge is -2.27. The molecule has 0 atom stereocenters. The minimum Gasteiger partial charge on any atom is -0.481 e. The standard InChI is InChI=1S/C16H19N3O5/c20-13-7-8-19(16(23)18-13)11-3-6-14(17-9-11)24-12-4-1-10(2-5-12)15(21)22/h3,6,9-10,12H,1-2,4-5,7-8H2,(H,21,22)(H,18,20,23)/t10-,12-. The highest BCUT2D eigenvalue weighted by molar-refractivity contribution is 6.05. The molecule has 8 nitrogen and oxygen atoms in total. The number of aliphatic carboxylic acids is 1. The average Bonchev–Trinajstić information content (AvgIpc) is 2.56. The second-order valence-corrected chi connectivity index (χ2v) is 6.04. The highest BCUT2D eigenvalue weighted by Gasteiger charge is 2.27. The van der Waals surface area contributed by atoms with Gasteiger partial charge in [0, 0.05) is 19.0 Å². The van der Waals surface area contributed by atoms with Crippen molar-refractivity contribution in [3.8, 4) is 5.88 Å². The molecule has 0 aromatic carbocycles. The number of nitrogens with zero attached hydrogens (tertiary/aromatic N) is 2. The molecule has 1 aliphatic carbocycles. The lowest BCUT2D eigenvalue weighted by atomic mass is 9.87. The summed E-state index contributed by atoms with van der Waals surface area (Å²) in [6, 6.07) is 2.96. The Balaban J connectivity index is 1.56. The van der Waals surface area contributed by atoms with Crippen LogP contribution in [-0.4, -0.2) is 40.6 Å².